The summed E-state index contributed by atoms with van der Waals surface area (Å²) in [5.41, 5.74) is 5.15. The summed E-state index contributed by atoms with van der Waals surface area (Å²) in [6.45, 7) is 1.71. The zero-order chi connectivity index (χ0) is 13.1. The predicted molar refractivity (Wildman–Crippen MR) is 75.4 cm³/mol. The van der Waals surface area contributed by atoms with Crippen LogP contribution >= 0.6 is 0 Å². The average Bonchev–Trinajstić information content (AvgIpc) is 2.97. The number of pyridine rings is 1. The van der Waals surface area contributed by atoms with Gasteiger partial charge >= 0.3 is 0 Å². The number of aromatic nitrogens is 1. The summed E-state index contributed by atoms with van der Waals surface area (Å²) >= 11 is 0. The molecular formula is C15H19N3O. The van der Waals surface area contributed by atoms with Crippen molar-refractivity contribution in [3.05, 3.63) is 42.1 Å². The van der Waals surface area contributed by atoms with Crippen molar-refractivity contribution in [1.29, 1.82) is 0 Å². The summed E-state index contributed by atoms with van der Waals surface area (Å²) in [6, 6.07) is 10.4. The summed E-state index contributed by atoms with van der Waals surface area (Å²) in [5.74, 6) is 6.34. The molecule has 3 N–H and O–H groups in total. The number of nitrogens with two attached hydrogens (primary N) is 1. The van der Waals surface area contributed by atoms with E-state index in [1.807, 2.05) is 12.3 Å². The van der Waals surface area contributed by atoms with Gasteiger partial charge in [-0.25, -0.2) is 0 Å². The molecule has 2 atom stereocenters. The second kappa shape index (κ2) is 5.65. The maximum atomic E-state index is 5.76. The Balaban J connectivity index is 1.91. The molecule has 100 valence electrons. The summed E-state index contributed by atoms with van der Waals surface area (Å²) in [4.78, 5) is 4.50. The van der Waals surface area contributed by atoms with E-state index in [-0.39, 0.29) is 6.04 Å². The van der Waals surface area contributed by atoms with E-state index < -0.39 is 0 Å². The lowest BCUT2D eigenvalue weighted by Crippen LogP contribution is -2.30. The number of benzene rings is 1. The zero-order valence-electron chi connectivity index (χ0n) is 10.9. The van der Waals surface area contributed by atoms with E-state index >= 15 is 0 Å². The van der Waals surface area contributed by atoms with Crippen LogP contribution in [0.3, 0.4) is 0 Å². The minimum atomic E-state index is 0.130. The largest absolute Gasteiger partial charge is 0.381 e. The van der Waals surface area contributed by atoms with Gasteiger partial charge in [0.1, 0.15) is 0 Å². The highest BCUT2D eigenvalue weighted by Gasteiger charge is 2.22. The Bertz CT molecular complexity index is 547. The summed E-state index contributed by atoms with van der Waals surface area (Å²) in [5, 5.41) is 1.16. The van der Waals surface area contributed by atoms with Gasteiger partial charge in [-0.2, -0.15) is 0 Å². The van der Waals surface area contributed by atoms with Crippen molar-refractivity contribution in [3.8, 4) is 0 Å². The maximum Gasteiger partial charge on any atom is 0.0750 e. The lowest BCUT2D eigenvalue weighted by atomic mass is 9.93. The van der Waals surface area contributed by atoms with E-state index in [0.717, 1.165) is 37.0 Å². The fourth-order valence-electron chi connectivity index (χ4n) is 2.80. The SMILES string of the molecule is NNC(CC1CCOC1)c1cccc2cccnc12. The molecule has 19 heavy (non-hydrogen) atoms. The van der Waals surface area contributed by atoms with Crippen LogP contribution in [0.25, 0.3) is 10.9 Å². The zero-order valence-corrected chi connectivity index (χ0v) is 10.9. The molecule has 0 aliphatic carbocycles. The van der Waals surface area contributed by atoms with Gasteiger partial charge in [0.2, 0.25) is 0 Å². The smallest absolute Gasteiger partial charge is 0.0750 e. The van der Waals surface area contributed by atoms with Crippen LogP contribution in [0.15, 0.2) is 36.5 Å². The van der Waals surface area contributed by atoms with E-state index in [9.17, 15) is 0 Å². The van der Waals surface area contributed by atoms with Gasteiger partial charge in [0, 0.05) is 30.8 Å². The lowest BCUT2D eigenvalue weighted by Gasteiger charge is -2.20. The number of nitrogens with zero attached hydrogens (tertiary/aromatic N) is 1. The van der Waals surface area contributed by atoms with Gasteiger partial charge in [0.15, 0.2) is 0 Å². The van der Waals surface area contributed by atoms with Gasteiger partial charge in [-0.15, -0.1) is 0 Å². The first-order valence-corrected chi connectivity index (χ1v) is 6.76. The van der Waals surface area contributed by atoms with Crippen molar-refractivity contribution in [3.63, 3.8) is 0 Å². The molecule has 0 amide bonds. The predicted octanol–water partition coefficient (Wildman–Crippen LogP) is 2.17. The third kappa shape index (κ3) is 2.61. The van der Waals surface area contributed by atoms with Crippen LogP contribution in [-0.4, -0.2) is 18.2 Å². The van der Waals surface area contributed by atoms with E-state index in [0.29, 0.717) is 5.92 Å². The number of rotatable bonds is 4. The Morgan fingerprint density at radius 2 is 2.26 bits per heavy atom. The van der Waals surface area contributed by atoms with Crippen molar-refractivity contribution in [2.75, 3.05) is 13.2 Å². The average molecular weight is 257 g/mol. The second-order valence-electron chi connectivity index (χ2n) is 5.11. The quantitative estimate of drug-likeness (QED) is 0.651. The molecule has 2 heterocycles. The van der Waals surface area contributed by atoms with Gasteiger partial charge in [0.05, 0.1) is 5.52 Å². The molecule has 1 saturated heterocycles. The minimum Gasteiger partial charge on any atom is -0.381 e. The van der Waals surface area contributed by atoms with Gasteiger partial charge in [-0.3, -0.25) is 16.3 Å². The molecule has 4 nitrogen and oxygen atoms in total. The lowest BCUT2D eigenvalue weighted by molar-refractivity contribution is 0.181. The van der Waals surface area contributed by atoms with Gasteiger partial charge in [-0.1, -0.05) is 24.3 Å². The number of ether oxygens (including phenoxy) is 1. The summed E-state index contributed by atoms with van der Waals surface area (Å²) in [6.07, 6.45) is 3.95. The highest BCUT2D eigenvalue weighted by Crippen LogP contribution is 2.29. The first-order chi connectivity index (χ1) is 9.38. The van der Waals surface area contributed by atoms with Gasteiger partial charge < -0.3 is 4.74 Å². The first-order valence-electron chi connectivity index (χ1n) is 6.76. The molecule has 1 aliphatic rings. The van der Waals surface area contributed by atoms with Crippen LogP contribution in [-0.2, 0) is 4.74 Å². The summed E-state index contributed by atoms with van der Waals surface area (Å²) < 4.78 is 5.44. The number of hydrazine groups is 1. The molecule has 1 aromatic carbocycles. The van der Waals surface area contributed by atoms with Crippen molar-refractivity contribution >= 4 is 10.9 Å². The molecule has 1 aromatic heterocycles. The first kappa shape index (κ1) is 12.5. The minimum absolute atomic E-state index is 0.130. The highest BCUT2D eigenvalue weighted by atomic mass is 16.5. The van der Waals surface area contributed by atoms with E-state index in [1.165, 1.54) is 5.56 Å². The third-order valence-corrected chi connectivity index (χ3v) is 3.83. The Kier molecular flexibility index (Phi) is 3.73. The number of para-hydroxylation sites is 1. The maximum absolute atomic E-state index is 5.76. The van der Waals surface area contributed by atoms with Crippen LogP contribution in [0.4, 0.5) is 0 Å². The fourth-order valence-corrected chi connectivity index (χ4v) is 2.80. The van der Waals surface area contributed by atoms with Crippen LogP contribution in [0.1, 0.15) is 24.4 Å². The Hall–Kier alpha value is -1.49. The van der Waals surface area contributed by atoms with Crippen molar-refractivity contribution in [2.45, 2.75) is 18.9 Å². The van der Waals surface area contributed by atoms with E-state index in [4.69, 9.17) is 10.6 Å². The standard InChI is InChI=1S/C15H19N3O/c16-18-14(9-11-6-8-19-10-11)13-5-1-3-12-4-2-7-17-15(12)13/h1-5,7,11,14,18H,6,8-10,16H2. The van der Waals surface area contributed by atoms with Crippen molar-refractivity contribution in [2.24, 2.45) is 11.8 Å². The van der Waals surface area contributed by atoms with Crippen LogP contribution in [0.5, 0.6) is 0 Å². The molecule has 2 unspecified atom stereocenters. The third-order valence-electron chi connectivity index (χ3n) is 3.83. The van der Waals surface area contributed by atoms with Crippen molar-refractivity contribution < 1.29 is 4.74 Å². The number of fused-ring (bicyclic) bond motifs is 1. The van der Waals surface area contributed by atoms with Gasteiger partial charge in [-0.05, 0) is 30.4 Å². The molecular weight excluding hydrogens is 238 g/mol. The Morgan fingerprint density at radius 1 is 1.37 bits per heavy atom. The second-order valence-corrected chi connectivity index (χ2v) is 5.11. The molecule has 0 saturated carbocycles. The number of nitrogens with one attached hydrogen (secondary N) is 1. The van der Waals surface area contributed by atoms with E-state index in [2.05, 4.69) is 34.7 Å². The topological polar surface area (TPSA) is 60.2 Å². The van der Waals surface area contributed by atoms with Crippen LogP contribution in [0, 0.1) is 5.92 Å². The molecule has 3 rings (SSSR count). The van der Waals surface area contributed by atoms with Crippen LogP contribution in [0.2, 0.25) is 0 Å². The summed E-state index contributed by atoms with van der Waals surface area (Å²) in [7, 11) is 0. The van der Waals surface area contributed by atoms with E-state index in [1.54, 1.807) is 0 Å². The monoisotopic (exact) mass is 257 g/mol. The van der Waals surface area contributed by atoms with Crippen LogP contribution < -0.4 is 11.3 Å². The van der Waals surface area contributed by atoms with Crippen molar-refractivity contribution in [1.82, 2.24) is 10.4 Å². The van der Waals surface area contributed by atoms with Gasteiger partial charge in [0.25, 0.3) is 0 Å². The fraction of sp³-hybridized carbons (Fsp3) is 0.400. The molecule has 0 spiro atoms. The number of hydrogen-bond acceptors (Lipinski definition) is 4. The normalized spacial score (nSPS) is 20.8. The highest BCUT2D eigenvalue weighted by molar-refractivity contribution is 5.81. The molecule has 2 aromatic rings. The molecule has 0 bridgehead atoms. The molecule has 0 radical (unpaired) electrons. The Labute approximate surface area is 112 Å². The molecule has 4 heteroatoms. The Morgan fingerprint density at radius 3 is 3.05 bits per heavy atom. The molecule has 1 aliphatic heterocycles. The number of hydrogen-bond donors (Lipinski definition) is 2. The molecule has 1 fully saturated rings.